The van der Waals surface area contributed by atoms with Gasteiger partial charge >= 0.3 is 12.2 Å². The molecule has 0 radical (unpaired) electrons. The molecule has 1 aromatic rings. The van der Waals surface area contributed by atoms with Crippen LogP contribution in [0.1, 0.15) is 13.8 Å². The zero-order chi connectivity index (χ0) is 14.3. The summed E-state index contributed by atoms with van der Waals surface area (Å²) in [6, 6.07) is 4.81. The van der Waals surface area contributed by atoms with Crippen LogP contribution in [0.3, 0.4) is 0 Å². The van der Waals surface area contributed by atoms with Crippen molar-refractivity contribution in [2.75, 3.05) is 23.8 Å². The SMILES string of the molecule is CCOC(=O)Nc1cccc(Cl)c1NC(=O)OCC. The Morgan fingerprint density at radius 3 is 2.26 bits per heavy atom. The Hall–Kier alpha value is -1.95. The van der Waals surface area contributed by atoms with Gasteiger partial charge in [-0.1, -0.05) is 17.7 Å². The van der Waals surface area contributed by atoms with Crippen molar-refractivity contribution in [3.63, 3.8) is 0 Å². The van der Waals surface area contributed by atoms with E-state index in [0.717, 1.165) is 0 Å². The van der Waals surface area contributed by atoms with Crippen molar-refractivity contribution in [2.24, 2.45) is 0 Å². The molecule has 0 bridgehead atoms. The van der Waals surface area contributed by atoms with Crippen molar-refractivity contribution in [3.05, 3.63) is 23.2 Å². The van der Waals surface area contributed by atoms with Crippen LogP contribution in [0.15, 0.2) is 18.2 Å². The summed E-state index contributed by atoms with van der Waals surface area (Å²) in [5.74, 6) is 0. The van der Waals surface area contributed by atoms with E-state index in [9.17, 15) is 9.59 Å². The second kappa shape index (κ2) is 7.48. The maximum absolute atomic E-state index is 11.4. The first kappa shape index (κ1) is 15.1. The van der Waals surface area contributed by atoms with Gasteiger partial charge in [-0.3, -0.25) is 10.6 Å². The highest BCUT2D eigenvalue weighted by atomic mass is 35.5. The third-order valence-electron chi connectivity index (χ3n) is 2.03. The quantitative estimate of drug-likeness (QED) is 0.888. The second-order valence-corrected chi connectivity index (χ2v) is 3.76. The van der Waals surface area contributed by atoms with E-state index in [0.29, 0.717) is 5.69 Å². The van der Waals surface area contributed by atoms with Gasteiger partial charge in [0.1, 0.15) is 0 Å². The van der Waals surface area contributed by atoms with Gasteiger partial charge in [0, 0.05) is 0 Å². The molecule has 19 heavy (non-hydrogen) atoms. The molecule has 0 aromatic heterocycles. The summed E-state index contributed by atoms with van der Waals surface area (Å²) < 4.78 is 9.51. The summed E-state index contributed by atoms with van der Waals surface area (Å²) in [5.41, 5.74) is 0.592. The summed E-state index contributed by atoms with van der Waals surface area (Å²) >= 11 is 5.97. The Morgan fingerprint density at radius 1 is 1.11 bits per heavy atom. The standard InChI is InChI=1S/C12H15ClN2O4/c1-3-18-11(16)14-9-7-5-6-8(13)10(9)15-12(17)19-4-2/h5-7H,3-4H2,1-2H3,(H,14,16)(H,15,17). The van der Waals surface area contributed by atoms with Gasteiger partial charge in [0.25, 0.3) is 0 Å². The van der Waals surface area contributed by atoms with Crippen LogP contribution in [0.2, 0.25) is 5.02 Å². The smallest absolute Gasteiger partial charge is 0.411 e. The maximum Gasteiger partial charge on any atom is 0.411 e. The van der Waals surface area contributed by atoms with E-state index in [-0.39, 0.29) is 23.9 Å². The summed E-state index contributed by atoms with van der Waals surface area (Å²) in [4.78, 5) is 22.8. The third kappa shape index (κ3) is 4.67. The number of ether oxygens (including phenoxy) is 2. The topological polar surface area (TPSA) is 76.7 Å². The number of amides is 2. The molecule has 0 unspecified atom stereocenters. The number of anilines is 2. The number of hydrogen-bond donors (Lipinski definition) is 2. The molecule has 0 aliphatic carbocycles. The van der Waals surface area contributed by atoms with Crippen LogP contribution in [0.4, 0.5) is 21.0 Å². The molecule has 0 fully saturated rings. The number of rotatable bonds is 4. The van der Waals surface area contributed by atoms with Crippen molar-refractivity contribution in [3.8, 4) is 0 Å². The van der Waals surface area contributed by atoms with Gasteiger partial charge in [-0.05, 0) is 26.0 Å². The number of nitrogens with one attached hydrogen (secondary N) is 2. The summed E-state index contributed by atoms with van der Waals surface area (Å²) in [6.45, 7) is 3.85. The maximum atomic E-state index is 11.4. The summed E-state index contributed by atoms with van der Waals surface area (Å²) in [7, 11) is 0. The van der Waals surface area contributed by atoms with Crippen molar-refractivity contribution in [1.82, 2.24) is 0 Å². The van der Waals surface area contributed by atoms with E-state index in [1.165, 1.54) is 0 Å². The first-order valence-electron chi connectivity index (χ1n) is 5.74. The predicted octanol–water partition coefficient (Wildman–Crippen LogP) is 3.48. The third-order valence-corrected chi connectivity index (χ3v) is 2.34. The Balaban J connectivity index is 2.88. The molecule has 0 aliphatic heterocycles. The number of benzene rings is 1. The van der Waals surface area contributed by atoms with Crippen molar-refractivity contribution in [2.45, 2.75) is 13.8 Å². The van der Waals surface area contributed by atoms with Gasteiger partial charge in [-0.2, -0.15) is 0 Å². The number of carbonyl (C=O) groups is 2. The van der Waals surface area contributed by atoms with Crippen LogP contribution in [0, 0.1) is 0 Å². The molecule has 7 heteroatoms. The zero-order valence-corrected chi connectivity index (χ0v) is 11.4. The van der Waals surface area contributed by atoms with E-state index in [1.54, 1.807) is 32.0 Å². The lowest BCUT2D eigenvalue weighted by Gasteiger charge is -2.13. The first-order chi connectivity index (χ1) is 9.08. The molecule has 0 aliphatic rings. The molecule has 2 amide bonds. The second-order valence-electron chi connectivity index (χ2n) is 3.35. The van der Waals surface area contributed by atoms with Crippen molar-refractivity contribution >= 4 is 35.2 Å². The van der Waals surface area contributed by atoms with Gasteiger partial charge in [0.15, 0.2) is 0 Å². The van der Waals surface area contributed by atoms with E-state index in [1.807, 2.05) is 0 Å². The number of halogens is 1. The minimum atomic E-state index is -0.650. The van der Waals surface area contributed by atoms with Gasteiger partial charge in [-0.25, -0.2) is 9.59 Å². The van der Waals surface area contributed by atoms with E-state index >= 15 is 0 Å². The molecular weight excluding hydrogens is 272 g/mol. The Kier molecular flexibility index (Phi) is 5.95. The molecule has 0 saturated heterocycles. The molecule has 0 spiro atoms. The van der Waals surface area contributed by atoms with Crippen LogP contribution in [0.25, 0.3) is 0 Å². The highest BCUT2D eigenvalue weighted by Crippen LogP contribution is 2.30. The molecular formula is C12H15ClN2O4. The average molecular weight is 287 g/mol. The fourth-order valence-electron chi connectivity index (χ4n) is 1.30. The number of para-hydroxylation sites is 1. The molecule has 0 atom stereocenters. The molecule has 0 saturated carbocycles. The molecule has 1 aromatic carbocycles. The minimum absolute atomic E-state index is 0.233. The Labute approximate surface area is 116 Å². The van der Waals surface area contributed by atoms with E-state index < -0.39 is 12.2 Å². The Bertz CT molecular complexity index is 465. The lowest BCUT2D eigenvalue weighted by atomic mass is 10.2. The minimum Gasteiger partial charge on any atom is -0.450 e. The number of carbonyl (C=O) groups excluding carboxylic acids is 2. The van der Waals surface area contributed by atoms with E-state index in [4.69, 9.17) is 21.1 Å². The molecule has 2 N–H and O–H groups in total. The summed E-state index contributed by atoms with van der Waals surface area (Å²) in [5, 5.41) is 5.23. The van der Waals surface area contributed by atoms with Crippen LogP contribution in [0.5, 0.6) is 0 Å². The zero-order valence-electron chi connectivity index (χ0n) is 10.7. The fourth-order valence-corrected chi connectivity index (χ4v) is 1.52. The van der Waals surface area contributed by atoms with Crippen LogP contribution in [-0.4, -0.2) is 25.4 Å². The van der Waals surface area contributed by atoms with Gasteiger partial charge in [0.2, 0.25) is 0 Å². The first-order valence-corrected chi connectivity index (χ1v) is 6.12. The van der Waals surface area contributed by atoms with Crippen molar-refractivity contribution < 1.29 is 19.1 Å². The molecule has 6 nitrogen and oxygen atoms in total. The lowest BCUT2D eigenvalue weighted by molar-refractivity contribution is 0.166. The highest BCUT2D eigenvalue weighted by Gasteiger charge is 2.13. The molecule has 1 rings (SSSR count). The van der Waals surface area contributed by atoms with Crippen molar-refractivity contribution in [1.29, 1.82) is 0 Å². The number of hydrogen-bond acceptors (Lipinski definition) is 4. The lowest BCUT2D eigenvalue weighted by Crippen LogP contribution is -2.18. The van der Waals surface area contributed by atoms with Crippen LogP contribution in [-0.2, 0) is 9.47 Å². The van der Waals surface area contributed by atoms with Crippen LogP contribution < -0.4 is 10.6 Å². The highest BCUT2D eigenvalue weighted by molar-refractivity contribution is 6.34. The average Bonchev–Trinajstić information content (AvgIpc) is 2.34. The monoisotopic (exact) mass is 286 g/mol. The van der Waals surface area contributed by atoms with E-state index in [2.05, 4.69) is 10.6 Å². The Morgan fingerprint density at radius 2 is 1.68 bits per heavy atom. The normalized spacial score (nSPS) is 9.63. The molecule has 104 valence electrons. The van der Waals surface area contributed by atoms with Crippen LogP contribution >= 0.6 is 11.6 Å². The predicted molar refractivity (Wildman–Crippen MR) is 72.7 cm³/mol. The van der Waals surface area contributed by atoms with Gasteiger partial charge in [-0.15, -0.1) is 0 Å². The van der Waals surface area contributed by atoms with Gasteiger partial charge in [0.05, 0.1) is 29.6 Å². The fraction of sp³-hybridized carbons (Fsp3) is 0.333. The molecule has 0 heterocycles. The van der Waals surface area contributed by atoms with Gasteiger partial charge < -0.3 is 9.47 Å². The summed E-state index contributed by atoms with van der Waals surface area (Å²) in [6.07, 6.45) is -1.28. The largest absolute Gasteiger partial charge is 0.450 e.